The molecule has 1 atom stereocenters. The van der Waals surface area contributed by atoms with Gasteiger partial charge in [0.1, 0.15) is 6.10 Å². The lowest BCUT2D eigenvalue weighted by molar-refractivity contribution is -0.150. The predicted octanol–water partition coefficient (Wildman–Crippen LogP) is 9.16. The number of carboxylic acid groups (broad SMARTS) is 1. The summed E-state index contributed by atoms with van der Waals surface area (Å²) in [6.45, 7) is 5.99. The number of aliphatic carboxylic acids is 1. The smallest absolute Gasteiger partial charge is 0.306 e. The average Bonchev–Trinajstić information content (AvgIpc) is 2.79. The Kier molecular flexibility index (Phi) is 24.3. The molecule has 4 nitrogen and oxygen atoms in total. The summed E-state index contributed by atoms with van der Waals surface area (Å²) in [6.07, 6.45) is 27.0. The topological polar surface area (TPSA) is 63.6 Å². The van der Waals surface area contributed by atoms with Gasteiger partial charge in [0.15, 0.2) is 0 Å². The average molecular weight is 467 g/mol. The van der Waals surface area contributed by atoms with E-state index in [1.54, 1.807) is 0 Å². The third kappa shape index (κ3) is 25.1. The van der Waals surface area contributed by atoms with Crippen molar-refractivity contribution >= 4 is 11.9 Å². The molecule has 194 valence electrons. The zero-order valence-electron chi connectivity index (χ0n) is 21.8. The molecule has 1 N–H and O–H groups in total. The van der Waals surface area contributed by atoms with Crippen molar-refractivity contribution in [2.45, 2.75) is 161 Å². The van der Waals surface area contributed by atoms with Gasteiger partial charge in [-0.15, -0.1) is 6.58 Å². The predicted molar refractivity (Wildman–Crippen MR) is 140 cm³/mol. The van der Waals surface area contributed by atoms with Gasteiger partial charge >= 0.3 is 11.9 Å². The van der Waals surface area contributed by atoms with Crippen LogP contribution in [0.15, 0.2) is 12.7 Å². The summed E-state index contributed by atoms with van der Waals surface area (Å²) >= 11 is 0. The fourth-order valence-electron chi connectivity index (χ4n) is 4.28. The van der Waals surface area contributed by atoms with E-state index in [9.17, 15) is 9.59 Å². The van der Waals surface area contributed by atoms with Gasteiger partial charge in [-0.05, 0) is 51.4 Å². The maximum absolute atomic E-state index is 12.3. The molecule has 0 aromatic heterocycles. The first-order valence-corrected chi connectivity index (χ1v) is 14.1. The van der Waals surface area contributed by atoms with Crippen molar-refractivity contribution < 1.29 is 19.4 Å². The van der Waals surface area contributed by atoms with Gasteiger partial charge in [-0.2, -0.15) is 0 Å². The molecular weight excluding hydrogens is 412 g/mol. The lowest BCUT2D eigenvalue weighted by atomic mass is 10.0. The van der Waals surface area contributed by atoms with Gasteiger partial charge in [0, 0.05) is 12.8 Å². The maximum atomic E-state index is 12.3. The van der Waals surface area contributed by atoms with Gasteiger partial charge < -0.3 is 9.84 Å². The van der Waals surface area contributed by atoms with E-state index in [0.29, 0.717) is 12.8 Å². The lowest BCUT2D eigenvalue weighted by Crippen LogP contribution is -2.18. The Hall–Kier alpha value is -1.32. The van der Waals surface area contributed by atoms with E-state index in [1.807, 2.05) is 6.08 Å². The Morgan fingerprint density at radius 1 is 0.697 bits per heavy atom. The molecule has 33 heavy (non-hydrogen) atoms. The van der Waals surface area contributed by atoms with Crippen LogP contribution in [-0.2, 0) is 14.3 Å². The Morgan fingerprint density at radius 2 is 1.15 bits per heavy atom. The minimum Gasteiger partial charge on any atom is -0.481 e. The Balaban J connectivity index is 3.90. The SMILES string of the molecule is C=CCCCCCCCCC(=O)OC(CCCCCC)CCCCCCCCCCC(=O)O. The molecule has 0 rings (SSSR count). The molecule has 0 aliphatic rings. The van der Waals surface area contributed by atoms with Crippen LogP contribution >= 0.6 is 0 Å². The zero-order valence-corrected chi connectivity index (χ0v) is 21.8. The molecule has 1 unspecified atom stereocenters. The fourth-order valence-corrected chi connectivity index (χ4v) is 4.28. The molecule has 4 heteroatoms. The monoisotopic (exact) mass is 466 g/mol. The second-order valence-corrected chi connectivity index (χ2v) is 9.67. The van der Waals surface area contributed by atoms with Crippen LogP contribution in [-0.4, -0.2) is 23.1 Å². The van der Waals surface area contributed by atoms with E-state index < -0.39 is 5.97 Å². The second kappa shape index (κ2) is 25.3. The van der Waals surface area contributed by atoms with Crippen molar-refractivity contribution in [3.63, 3.8) is 0 Å². The van der Waals surface area contributed by atoms with Crippen LogP contribution in [0.1, 0.15) is 155 Å². The Bertz CT molecular complexity index is 461. The molecule has 0 aromatic rings. The standard InChI is InChI=1S/C29H54O4/c1-3-5-7-9-10-15-18-22-26-29(32)33-27(23-19-8-6-4-2)24-20-16-13-11-12-14-17-21-25-28(30)31/h3,27H,1,4-26H2,2H3,(H,30,31). The van der Waals surface area contributed by atoms with Gasteiger partial charge in [0.2, 0.25) is 0 Å². The molecule has 0 fully saturated rings. The largest absolute Gasteiger partial charge is 0.481 e. The van der Waals surface area contributed by atoms with Crippen LogP contribution in [0, 0.1) is 0 Å². The van der Waals surface area contributed by atoms with Crippen molar-refractivity contribution in [2.24, 2.45) is 0 Å². The number of unbranched alkanes of at least 4 members (excludes halogenated alkanes) is 16. The van der Waals surface area contributed by atoms with E-state index in [0.717, 1.165) is 64.2 Å². The normalized spacial score (nSPS) is 11.9. The number of carbonyl (C=O) groups is 2. The minimum atomic E-state index is -0.685. The number of hydrogen-bond donors (Lipinski definition) is 1. The van der Waals surface area contributed by atoms with Crippen LogP contribution < -0.4 is 0 Å². The molecule has 0 aromatic carbocycles. The highest BCUT2D eigenvalue weighted by atomic mass is 16.5. The molecular formula is C29H54O4. The molecule has 0 amide bonds. The molecule has 0 saturated carbocycles. The number of carboxylic acids is 1. The molecule has 0 spiro atoms. The molecule has 0 radical (unpaired) electrons. The first kappa shape index (κ1) is 31.7. The first-order chi connectivity index (χ1) is 16.1. The van der Waals surface area contributed by atoms with Crippen molar-refractivity contribution in [1.82, 2.24) is 0 Å². The third-order valence-electron chi connectivity index (χ3n) is 6.38. The molecule has 0 aliphatic carbocycles. The molecule has 0 bridgehead atoms. The van der Waals surface area contributed by atoms with E-state index in [4.69, 9.17) is 9.84 Å². The van der Waals surface area contributed by atoms with Gasteiger partial charge in [0.05, 0.1) is 0 Å². The van der Waals surface area contributed by atoms with Gasteiger partial charge in [-0.1, -0.05) is 96.5 Å². The van der Waals surface area contributed by atoms with Gasteiger partial charge in [-0.3, -0.25) is 9.59 Å². The first-order valence-electron chi connectivity index (χ1n) is 14.1. The lowest BCUT2D eigenvalue weighted by Gasteiger charge is -2.18. The van der Waals surface area contributed by atoms with E-state index >= 15 is 0 Å². The van der Waals surface area contributed by atoms with E-state index in [1.165, 1.54) is 70.6 Å². The quantitative estimate of drug-likeness (QED) is 0.0784. The highest BCUT2D eigenvalue weighted by Gasteiger charge is 2.14. The fraction of sp³-hybridized carbons (Fsp3) is 0.862. The van der Waals surface area contributed by atoms with Crippen molar-refractivity contribution in [2.75, 3.05) is 0 Å². The van der Waals surface area contributed by atoms with Crippen LogP contribution in [0.25, 0.3) is 0 Å². The number of ether oxygens (including phenoxy) is 1. The highest BCUT2D eigenvalue weighted by molar-refractivity contribution is 5.69. The summed E-state index contributed by atoms with van der Waals surface area (Å²) in [4.78, 5) is 22.9. The minimum absolute atomic E-state index is 0.00325. The third-order valence-corrected chi connectivity index (χ3v) is 6.38. The van der Waals surface area contributed by atoms with Crippen LogP contribution in [0.3, 0.4) is 0 Å². The second-order valence-electron chi connectivity index (χ2n) is 9.67. The van der Waals surface area contributed by atoms with Crippen LogP contribution in [0.4, 0.5) is 0 Å². The summed E-state index contributed by atoms with van der Waals surface area (Å²) in [5, 5.41) is 8.66. The van der Waals surface area contributed by atoms with Crippen molar-refractivity contribution in [3.8, 4) is 0 Å². The van der Waals surface area contributed by atoms with E-state index in [-0.39, 0.29) is 12.1 Å². The summed E-state index contributed by atoms with van der Waals surface area (Å²) in [7, 11) is 0. The molecule has 0 aliphatic heterocycles. The maximum Gasteiger partial charge on any atom is 0.306 e. The Labute approximate surface area is 204 Å². The number of hydrogen-bond acceptors (Lipinski definition) is 3. The van der Waals surface area contributed by atoms with E-state index in [2.05, 4.69) is 13.5 Å². The zero-order chi connectivity index (χ0) is 24.4. The van der Waals surface area contributed by atoms with Gasteiger partial charge in [0.25, 0.3) is 0 Å². The summed E-state index contributed by atoms with van der Waals surface area (Å²) in [6, 6.07) is 0. The summed E-state index contributed by atoms with van der Waals surface area (Å²) in [5.41, 5.74) is 0. The molecule has 0 saturated heterocycles. The number of carbonyl (C=O) groups excluding carboxylic acids is 1. The van der Waals surface area contributed by atoms with Crippen LogP contribution in [0.5, 0.6) is 0 Å². The summed E-state index contributed by atoms with van der Waals surface area (Å²) in [5.74, 6) is -0.682. The number of allylic oxidation sites excluding steroid dienone is 1. The van der Waals surface area contributed by atoms with Crippen molar-refractivity contribution in [3.05, 3.63) is 12.7 Å². The molecule has 0 heterocycles. The number of rotatable bonds is 26. The van der Waals surface area contributed by atoms with Crippen LogP contribution in [0.2, 0.25) is 0 Å². The Morgan fingerprint density at radius 3 is 1.67 bits per heavy atom. The summed E-state index contributed by atoms with van der Waals surface area (Å²) < 4.78 is 5.88. The van der Waals surface area contributed by atoms with Crippen molar-refractivity contribution in [1.29, 1.82) is 0 Å². The van der Waals surface area contributed by atoms with Gasteiger partial charge in [-0.25, -0.2) is 0 Å². The number of esters is 1. The highest BCUT2D eigenvalue weighted by Crippen LogP contribution is 2.18.